The highest BCUT2D eigenvalue weighted by Crippen LogP contribution is 2.13. The summed E-state index contributed by atoms with van der Waals surface area (Å²) in [6.45, 7) is 4.73. The fourth-order valence-electron chi connectivity index (χ4n) is 2.01. The standard InChI is InChI=1S/C15H19N3O3/c1-2-20-15(19)4-3-13-9-17-10-14(18-13)21-11-12-5-7-16-8-6-12/h9-10,12,16H,2,5-8,11H2,1H3. The van der Waals surface area contributed by atoms with Crippen LogP contribution in [0.4, 0.5) is 0 Å². The Morgan fingerprint density at radius 2 is 2.24 bits per heavy atom. The van der Waals surface area contributed by atoms with Gasteiger partial charge in [-0.25, -0.2) is 9.78 Å². The van der Waals surface area contributed by atoms with Crippen molar-refractivity contribution in [3.05, 3.63) is 18.1 Å². The van der Waals surface area contributed by atoms with E-state index in [0.717, 1.165) is 25.9 Å². The van der Waals surface area contributed by atoms with E-state index in [2.05, 4.69) is 27.1 Å². The van der Waals surface area contributed by atoms with Crippen LogP contribution >= 0.6 is 0 Å². The van der Waals surface area contributed by atoms with Gasteiger partial charge in [-0.3, -0.25) is 4.98 Å². The topological polar surface area (TPSA) is 73.3 Å². The summed E-state index contributed by atoms with van der Waals surface area (Å²) in [7, 11) is 0. The third-order valence-corrected chi connectivity index (χ3v) is 3.11. The van der Waals surface area contributed by atoms with E-state index in [-0.39, 0.29) is 0 Å². The number of carbonyl (C=O) groups is 1. The minimum absolute atomic E-state index is 0.304. The smallest absolute Gasteiger partial charge is 0.384 e. The largest absolute Gasteiger partial charge is 0.476 e. The Morgan fingerprint density at radius 3 is 3.00 bits per heavy atom. The Balaban J connectivity index is 1.89. The van der Waals surface area contributed by atoms with E-state index in [1.807, 2.05) is 0 Å². The summed E-state index contributed by atoms with van der Waals surface area (Å²) in [5.41, 5.74) is 0.394. The summed E-state index contributed by atoms with van der Waals surface area (Å²) in [6, 6.07) is 0. The average molecular weight is 289 g/mol. The summed E-state index contributed by atoms with van der Waals surface area (Å²) in [4.78, 5) is 19.4. The number of esters is 1. The van der Waals surface area contributed by atoms with E-state index in [4.69, 9.17) is 9.47 Å². The molecule has 1 aliphatic rings. The molecule has 0 atom stereocenters. The van der Waals surface area contributed by atoms with Crippen LogP contribution in [0, 0.1) is 17.8 Å². The van der Waals surface area contributed by atoms with Crippen molar-refractivity contribution in [2.24, 2.45) is 5.92 Å². The van der Waals surface area contributed by atoms with E-state index in [0.29, 0.717) is 30.7 Å². The van der Waals surface area contributed by atoms with Gasteiger partial charge >= 0.3 is 5.97 Å². The van der Waals surface area contributed by atoms with Gasteiger partial charge in [0.1, 0.15) is 5.69 Å². The zero-order valence-electron chi connectivity index (χ0n) is 12.1. The molecule has 0 spiro atoms. The van der Waals surface area contributed by atoms with Gasteiger partial charge in [0, 0.05) is 5.92 Å². The van der Waals surface area contributed by atoms with Crippen LogP contribution in [0.25, 0.3) is 0 Å². The Kier molecular flexibility index (Phi) is 5.98. The first-order valence-electron chi connectivity index (χ1n) is 7.12. The molecule has 0 aromatic carbocycles. The number of piperidine rings is 1. The van der Waals surface area contributed by atoms with Gasteiger partial charge in [0.25, 0.3) is 0 Å². The fraction of sp³-hybridized carbons (Fsp3) is 0.533. The van der Waals surface area contributed by atoms with Crippen LogP contribution < -0.4 is 10.1 Å². The predicted molar refractivity (Wildman–Crippen MR) is 76.6 cm³/mol. The maximum atomic E-state index is 11.2. The zero-order valence-corrected chi connectivity index (χ0v) is 12.1. The molecule has 1 saturated heterocycles. The Labute approximate surface area is 124 Å². The highest BCUT2D eigenvalue weighted by atomic mass is 16.5. The van der Waals surface area contributed by atoms with E-state index in [1.165, 1.54) is 6.20 Å². The van der Waals surface area contributed by atoms with Crippen LogP contribution in [0.1, 0.15) is 25.5 Å². The highest BCUT2D eigenvalue weighted by molar-refractivity contribution is 5.88. The van der Waals surface area contributed by atoms with Crippen LogP contribution in [0.5, 0.6) is 5.88 Å². The number of rotatable bonds is 4. The summed E-state index contributed by atoms with van der Waals surface area (Å²) in [5, 5.41) is 3.31. The van der Waals surface area contributed by atoms with Crippen LogP contribution in [-0.2, 0) is 9.53 Å². The van der Waals surface area contributed by atoms with Crippen molar-refractivity contribution in [1.82, 2.24) is 15.3 Å². The van der Waals surface area contributed by atoms with Gasteiger partial charge in [-0.1, -0.05) is 0 Å². The minimum atomic E-state index is -0.569. The second-order valence-corrected chi connectivity index (χ2v) is 4.72. The molecule has 6 nitrogen and oxygen atoms in total. The molecule has 2 heterocycles. The van der Waals surface area contributed by atoms with Crippen molar-refractivity contribution in [2.45, 2.75) is 19.8 Å². The molecular weight excluding hydrogens is 270 g/mol. The second kappa shape index (κ2) is 8.22. The molecular formula is C15H19N3O3. The Bertz CT molecular complexity index is 530. The quantitative estimate of drug-likeness (QED) is 0.652. The van der Waals surface area contributed by atoms with Crippen molar-refractivity contribution < 1.29 is 14.3 Å². The lowest BCUT2D eigenvalue weighted by atomic mass is 9.99. The van der Waals surface area contributed by atoms with Crippen LogP contribution in [0.2, 0.25) is 0 Å². The zero-order chi connectivity index (χ0) is 14.9. The molecule has 1 aromatic heterocycles. The molecule has 0 unspecified atom stereocenters. The third kappa shape index (κ3) is 5.40. The molecule has 1 aromatic rings. The minimum Gasteiger partial charge on any atom is -0.476 e. The van der Waals surface area contributed by atoms with Gasteiger partial charge in [-0.05, 0) is 44.7 Å². The van der Waals surface area contributed by atoms with Crippen molar-refractivity contribution in [3.8, 4) is 17.7 Å². The lowest BCUT2D eigenvalue weighted by Crippen LogP contribution is -2.30. The molecule has 0 bridgehead atoms. The van der Waals surface area contributed by atoms with Gasteiger partial charge in [0.2, 0.25) is 5.88 Å². The van der Waals surface area contributed by atoms with E-state index in [9.17, 15) is 4.79 Å². The fourth-order valence-corrected chi connectivity index (χ4v) is 2.01. The van der Waals surface area contributed by atoms with Gasteiger partial charge in [0.05, 0.1) is 25.6 Å². The maximum Gasteiger partial charge on any atom is 0.384 e. The van der Waals surface area contributed by atoms with Crippen molar-refractivity contribution in [1.29, 1.82) is 0 Å². The SMILES string of the molecule is CCOC(=O)C#Cc1cncc(OCC2CCNCC2)n1. The van der Waals surface area contributed by atoms with Gasteiger partial charge in [-0.2, -0.15) is 0 Å². The van der Waals surface area contributed by atoms with Crippen molar-refractivity contribution in [3.63, 3.8) is 0 Å². The summed E-state index contributed by atoms with van der Waals surface area (Å²) >= 11 is 0. The Morgan fingerprint density at radius 1 is 1.43 bits per heavy atom. The average Bonchev–Trinajstić information content (AvgIpc) is 2.53. The molecule has 0 saturated carbocycles. The maximum absolute atomic E-state index is 11.2. The van der Waals surface area contributed by atoms with Crippen LogP contribution in [-0.4, -0.2) is 42.2 Å². The summed E-state index contributed by atoms with van der Waals surface area (Å²) in [6.07, 6.45) is 5.26. The van der Waals surface area contributed by atoms with Gasteiger partial charge in [-0.15, -0.1) is 0 Å². The first-order chi connectivity index (χ1) is 10.3. The highest BCUT2D eigenvalue weighted by Gasteiger charge is 2.13. The number of hydrogen-bond acceptors (Lipinski definition) is 6. The molecule has 0 aliphatic carbocycles. The number of nitrogens with one attached hydrogen (secondary N) is 1. The normalized spacial score (nSPS) is 14.9. The monoisotopic (exact) mass is 289 g/mol. The molecule has 1 fully saturated rings. The number of aromatic nitrogens is 2. The van der Waals surface area contributed by atoms with Gasteiger partial charge < -0.3 is 14.8 Å². The van der Waals surface area contributed by atoms with Crippen molar-refractivity contribution >= 4 is 5.97 Å². The summed E-state index contributed by atoms with van der Waals surface area (Å²) < 4.78 is 10.4. The molecule has 0 amide bonds. The predicted octanol–water partition coefficient (Wildman–Crippen LogP) is 0.770. The van der Waals surface area contributed by atoms with Crippen molar-refractivity contribution in [2.75, 3.05) is 26.3 Å². The lowest BCUT2D eigenvalue weighted by molar-refractivity contribution is -0.136. The molecule has 1 N–H and O–H groups in total. The molecule has 0 radical (unpaired) electrons. The number of hydrogen-bond donors (Lipinski definition) is 1. The van der Waals surface area contributed by atoms with Gasteiger partial charge in [0.15, 0.2) is 0 Å². The Hall–Kier alpha value is -2.13. The molecule has 112 valence electrons. The molecule has 6 heteroatoms. The number of nitrogens with zero attached hydrogens (tertiary/aromatic N) is 2. The van der Waals surface area contributed by atoms with E-state index < -0.39 is 5.97 Å². The number of carbonyl (C=O) groups excluding carboxylic acids is 1. The van der Waals surface area contributed by atoms with E-state index >= 15 is 0 Å². The first-order valence-corrected chi connectivity index (χ1v) is 7.12. The first kappa shape index (κ1) is 15.3. The van der Waals surface area contributed by atoms with Crippen LogP contribution in [0.15, 0.2) is 12.4 Å². The molecule has 1 aliphatic heterocycles. The summed E-state index contributed by atoms with van der Waals surface area (Å²) in [5.74, 6) is 5.38. The number of ether oxygens (including phenoxy) is 2. The lowest BCUT2D eigenvalue weighted by Gasteiger charge is -2.22. The second-order valence-electron chi connectivity index (χ2n) is 4.72. The van der Waals surface area contributed by atoms with Crippen LogP contribution in [0.3, 0.4) is 0 Å². The molecule has 2 rings (SSSR count). The van der Waals surface area contributed by atoms with E-state index in [1.54, 1.807) is 13.1 Å². The third-order valence-electron chi connectivity index (χ3n) is 3.11. The molecule has 21 heavy (non-hydrogen) atoms.